The van der Waals surface area contributed by atoms with Gasteiger partial charge in [-0.1, -0.05) is 23.7 Å². The standard InChI is InChI=1S/C23H24ClN3O5S/c1-31-14-11-15(24)19(17(12-14)32-2)26-21(28)13-7-9-27(10-8-13)23(30)20-22(29)25-16-5-3-4-6-18(16)33-20/h3-6,11-13,20H,7-10H2,1-2H3,(H,25,29)(H,26,28)/t20-/m1/s1. The van der Waals surface area contributed by atoms with Gasteiger partial charge in [-0.25, -0.2) is 0 Å². The van der Waals surface area contributed by atoms with E-state index >= 15 is 0 Å². The van der Waals surface area contributed by atoms with Crippen LogP contribution in [0.1, 0.15) is 12.8 Å². The smallest absolute Gasteiger partial charge is 0.247 e. The number of amides is 3. The van der Waals surface area contributed by atoms with Crippen LogP contribution in [-0.2, 0) is 14.4 Å². The summed E-state index contributed by atoms with van der Waals surface area (Å²) in [4.78, 5) is 40.9. The lowest BCUT2D eigenvalue weighted by molar-refractivity contribution is -0.136. The minimum atomic E-state index is -0.826. The maximum Gasteiger partial charge on any atom is 0.247 e. The Balaban J connectivity index is 1.37. The van der Waals surface area contributed by atoms with Crippen molar-refractivity contribution in [3.63, 3.8) is 0 Å². The number of hydrogen-bond donors (Lipinski definition) is 2. The molecule has 10 heteroatoms. The molecule has 0 saturated carbocycles. The zero-order valence-electron chi connectivity index (χ0n) is 18.2. The number of hydrogen-bond acceptors (Lipinski definition) is 6. The molecule has 1 fully saturated rings. The second kappa shape index (κ2) is 9.93. The van der Waals surface area contributed by atoms with Gasteiger partial charge in [0.15, 0.2) is 5.25 Å². The van der Waals surface area contributed by atoms with Crippen molar-refractivity contribution >= 4 is 52.5 Å². The van der Waals surface area contributed by atoms with E-state index in [0.717, 1.165) is 10.6 Å². The highest BCUT2D eigenvalue weighted by atomic mass is 35.5. The summed E-state index contributed by atoms with van der Waals surface area (Å²) in [6, 6.07) is 10.7. The van der Waals surface area contributed by atoms with Crippen LogP contribution in [0.4, 0.5) is 11.4 Å². The lowest BCUT2D eigenvalue weighted by atomic mass is 9.95. The summed E-state index contributed by atoms with van der Waals surface area (Å²) in [7, 11) is 3.01. The van der Waals surface area contributed by atoms with Gasteiger partial charge in [-0.15, -0.1) is 11.8 Å². The molecule has 3 amide bonds. The molecule has 2 heterocycles. The van der Waals surface area contributed by atoms with Crippen LogP contribution < -0.4 is 20.1 Å². The lowest BCUT2D eigenvalue weighted by Crippen LogP contribution is -2.48. The summed E-state index contributed by atoms with van der Waals surface area (Å²) in [5.74, 6) is -0.0953. The Hall–Kier alpha value is -2.91. The minimum absolute atomic E-state index is 0.189. The molecule has 0 unspecified atom stereocenters. The average Bonchev–Trinajstić information content (AvgIpc) is 2.84. The number of nitrogens with one attached hydrogen (secondary N) is 2. The third kappa shape index (κ3) is 4.89. The Morgan fingerprint density at radius 3 is 2.58 bits per heavy atom. The molecule has 174 valence electrons. The quantitative estimate of drug-likeness (QED) is 0.622. The highest BCUT2D eigenvalue weighted by Crippen LogP contribution is 2.38. The number of halogens is 1. The molecule has 1 atom stereocenters. The Morgan fingerprint density at radius 2 is 1.88 bits per heavy atom. The van der Waals surface area contributed by atoms with E-state index in [1.807, 2.05) is 24.3 Å². The van der Waals surface area contributed by atoms with E-state index < -0.39 is 5.25 Å². The number of carbonyl (C=O) groups excluding carboxylic acids is 3. The van der Waals surface area contributed by atoms with Crippen LogP contribution in [0.5, 0.6) is 11.5 Å². The maximum absolute atomic E-state index is 13.0. The lowest BCUT2D eigenvalue weighted by Gasteiger charge is -2.34. The fourth-order valence-electron chi connectivity index (χ4n) is 3.93. The van der Waals surface area contributed by atoms with Crippen molar-refractivity contribution in [1.82, 2.24) is 4.90 Å². The number of piperidine rings is 1. The molecule has 2 aromatic carbocycles. The molecule has 8 nitrogen and oxygen atoms in total. The van der Waals surface area contributed by atoms with E-state index in [-0.39, 0.29) is 23.6 Å². The number of likely N-dealkylation sites (tertiary alicyclic amines) is 1. The van der Waals surface area contributed by atoms with Gasteiger partial charge in [0.1, 0.15) is 17.2 Å². The second-order valence-corrected chi connectivity index (χ2v) is 9.31. The van der Waals surface area contributed by atoms with Crippen LogP contribution in [0, 0.1) is 5.92 Å². The summed E-state index contributed by atoms with van der Waals surface area (Å²) in [6.07, 6.45) is 0.979. The number of nitrogens with zero attached hydrogens (tertiary/aromatic N) is 1. The van der Waals surface area contributed by atoms with Gasteiger partial charge < -0.3 is 25.0 Å². The Bertz CT molecular complexity index is 1090. The molecule has 2 N–H and O–H groups in total. The van der Waals surface area contributed by atoms with Gasteiger partial charge in [-0.05, 0) is 25.0 Å². The second-order valence-electron chi connectivity index (χ2n) is 7.76. The predicted octanol–water partition coefficient (Wildman–Crippen LogP) is 3.65. The summed E-state index contributed by atoms with van der Waals surface area (Å²) in [6.45, 7) is 0.798. The molecule has 2 aliphatic heterocycles. The highest BCUT2D eigenvalue weighted by Gasteiger charge is 2.37. The summed E-state index contributed by atoms with van der Waals surface area (Å²) < 4.78 is 10.5. The Labute approximate surface area is 200 Å². The van der Waals surface area contributed by atoms with Crippen molar-refractivity contribution in [3.8, 4) is 11.5 Å². The van der Waals surface area contributed by atoms with Gasteiger partial charge >= 0.3 is 0 Å². The van der Waals surface area contributed by atoms with E-state index in [0.29, 0.717) is 48.1 Å². The van der Waals surface area contributed by atoms with E-state index in [9.17, 15) is 14.4 Å². The summed E-state index contributed by atoms with van der Waals surface area (Å²) >= 11 is 7.57. The van der Waals surface area contributed by atoms with Gasteiger partial charge in [0.25, 0.3) is 0 Å². The molecule has 0 bridgehead atoms. The normalized spacial score (nSPS) is 18.2. The Morgan fingerprint density at radius 1 is 1.15 bits per heavy atom. The van der Waals surface area contributed by atoms with E-state index in [4.69, 9.17) is 21.1 Å². The number of carbonyl (C=O) groups is 3. The van der Waals surface area contributed by atoms with Crippen molar-refractivity contribution in [2.75, 3.05) is 37.9 Å². The molecule has 2 aliphatic rings. The first-order valence-corrected chi connectivity index (χ1v) is 11.7. The SMILES string of the molecule is COc1cc(Cl)c(NC(=O)C2CCN(C(=O)[C@@H]3Sc4ccccc4NC3=O)CC2)c(OC)c1. The number of methoxy groups -OCH3 is 2. The number of anilines is 2. The molecule has 4 rings (SSSR count). The number of thioether (sulfide) groups is 1. The number of fused-ring (bicyclic) bond motifs is 1. The summed E-state index contributed by atoms with van der Waals surface area (Å²) in [5.41, 5.74) is 1.11. The minimum Gasteiger partial charge on any atom is -0.497 e. The van der Waals surface area contributed by atoms with Gasteiger partial charge in [0.05, 0.1) is 24.9 Å². The van der Waals surface area contributed by atoms with Crippen molar-refractivity contribution in [3.05, 3.63) is 41.4 Å². The third-order valence-electron chi connectivity index (χ3n) is 5.76. The van der Waals surface area contributed by atoms with Gasteiger partial charge in [0.2, 0.25) is 17.7 Å². The number of para-hydroxylation sites is 1. The molecule has 0 radical (unpaired) electrons. The van der Waals surface area contributed by atoms with Crippen LogP contribution >= 0.6 is 23.4 Å². The van der Waals surface area contributed by atoms with E-state index in [1.54, 1.807) is 17.0 Å². The van der Waals surface area contributed by atoms with Crippen LogP contribution in [0.25, 0.3) is 0 Å². The predicted molar refractivity (Wildman–Crippen MR) is 127 cm³/mol. The molecule has 2 aromatic rings. The molecule has 0 spiro atoms. The monoisotopic (exact) mass is 489 g/mol. The van der Waals surface area contributed by atoms with Gasteiger partial charge in [0, 0.05) is 36.0 Å². The zero-order valence-corrected chi connectivity index (χ0v) is 19.8. The molecular weight excluding hydrogens is 466 g/mol. The van der Waals surface area contributed by atoms with Crippen LogP contribution in [0.3, 0.4) is 0 Å². The molecule has 0 aromatic heterocycles. The zero-order chi connectivity index (χ0) is 23.5. The Kier molecular flexibility index (Phi) is 6.99. The van der Waals surface area contributed by atoms with E-state index in [2.05, 4.69) is 10.6 Å². The molecule has 33 heavy (non-hydrogen) atoms. The first-order valence-electron chi connectivity index (χ1n) is 10.5. The van der Waals surface area contributed by atoms with Crippen LogP contribution in [0.15, 0.2) is 41.3 Å². The van der Waals surface area contributed by atoms with Crippen molar-refractivity contribution in [2.45, 2.75) is 23.0 Å². The van der Waals surface area contributed by atoms with Crippen molar-refractivity contribution in [1.29, 1.82) is 0 Å². The first kappa shape index (κ1) is 23.3. The first-order chi connectivity index (χ1) is 15.9. The van der Waals surface area contributed by atoms with Crippen LogP contribution in [0.2, 0.25) is 5.02 Å². The fourth-order valence-corrected chi connectivity index (χ4v) is 5.25. The molecular formula is C23H24ClN3O5S. The molecule has 1 saturated heterocycles. The van der Waals surface area contributed by atoms with Crippen molar-refractivity contribution in [2.24, 2.45) is 5.92 Å². The molecule has 0 aliphatic carbocycles. The van der Waals surface area contributed by atoms with Crippen LogP contribution in [-0.4, -0.2) is 55.2 Å². The highest BCUT2D eigenvalue weighted by molar-refractivity contribution is 8.01. The summed E-state index contributed by atoms with van der Waals surface area (Å²) in [5, 5.41) is 5.14. The number of rotatable bonds is 5. The topological polar surface area (TPSA) is 97.0 Å². The largest absolute Gasteiger partial charge is 0.497 e. The number of ether oxygens (including phenoxy) is 2. The average molecular weight is 490 g/mol. The van der Waals surface area contributed by atoms with Crippen molar-refractivity contribution < 1.29 is 23.9 Å². The third-order valence-corrected chi connectivity index (χ3v) is 7.32. The van der Waals surface area contributed by atoms with Gasteiger partial charge in [-0.2, -0.15) is 0 Å². The van der Waals surface area contributed by atoms with E-state index in [1.165, 1.54) is 26.0 Å². The maximum atomic E-state index is 13.0. The number of benzene rings is 2. The van der Waals surface area contributed by atoms with Gasteiger partial charge in [-0.3, -0.25) is 14.4 Å². The fraction of sp³-hybridized carbons (Fsp3) is 0.348.